The van der Waals surface area contributed by atoms with E-state index in [0.717, 1.165) is 28.7 Å². The van der Waals surface area contributed by atoms with Crippen molar-refractivity contribution in [3.05, 3.63) is 87.5 Å². The van der Waals surface area contributed by atoms with Gasteiger partial charge in [0.1, 0.15) is 0 Å². The van der Waals surface area contributed by atoms with E-state index < -0.39 is 0 Å². The molecular weight excluding hydrogens is 324 g/mol. The second kappa shape index (κ2) is 5.99. The second-order valence-corrected chi connectivity index (χ2v) is 6.65. The predicted molar refractivity (Wildman–Crippen MR) is 104 cm³/mol. The van der Waals surface area contributed by atoms with E-state index in [4.69, 9.17) is 0 Å². The van der Waals surface area contributed by atoms with Crippen molar-refractivity contribution in [3.8, 4) is 0 Å². The SMILES string of the molecule is CCc1cc(=O)c2cc(C(=O)c3c(C)cc4ccccn34)ccc2n1C. The molecule has 0 atom stereocenters. The number of rotatable bonds is 3. The highest BCUT2D eigenvalue weighted by Crippen LogP contribution is 2.22. The summed E-state index contributed by atoms with van der Waals surface area (Å²) in [6.45, 7) is 3.97. The van der Waals surface area contributed by atoms with Crippen LogP contribution in [0.1, 0.15) is 34.2 Å². The Labute approximate surface area is 151 Å². The summed E-state index contributed by atoms with van der Waals surface area (Å²) >= 11 is 0. The number of carbonyl (C=O) groups is 1. The molecule has 4 rings (SSSR count). The normalized spacial score (nSPS) is 11.3. The molecule has 0 bridgehead atoms. The number of fused-ring (bicyclic) bond motifs is 2. The third-order valence-electron chi connectivity index (χ3n) is 5.06. The fraction of sp³-hybridized carbons (Fsp3) is 0.182. The van der Waals surface area contributed by atoms with Gasteiger partial charge in [-0.15, -0.1) is 0 Å². The maximum Gasteiger partial charge on any atom is 0.210 e. The number of nitrogens with zero attached hydrogens (tertiary/aromatic N) is 2. The molecule has 0 N–H and O–H groups in total. The molecule has 26 heavy (non-hydrogen) atoms. The van der Waals surface area contributed by atoms with Crippen molar-refractivity contribution in [1.82, 2.24) is 8.97 Å². The molecule has 0 fully saturated rings. The Hall–Kier alpha value is -3.14. The van der Waals surface area contributed by atoms with Gasteiger partial charge in [-0.05, 0) is 55.3 Å². The van der Waals surface area contributed by atoms with Crippen molar-refractivity contribution in [2.45, 2.75) is 20.3 Å². The average molecular weight is 344 g/mol. The second-order valence-electron chi connectivity index (χ2n) is 6.65. The van der Waals surface area contributed by atoms with E-state index in [0.29, 0.717) is 16.6 Å². The van der Waals surface area contributed by atoms with Crippen molar-refractivity contribution in [2.24, 2.45) is 7.05 Å². The zero-order valence-corrected chi connectivity index (χ0v) is 15.1. The zero-order valence-electron chi connectivity index (χ0n) is 15.1. The molecule has 1 aromatic carbocycles. The molecule has 0 unspecified atom stereocenters. The molecule has 3 heterocycles. The maximum atomic E-state index is 13.2. The van der Waals surface area contributed by atoms with E-state index in [9.17, 15) is 9.59 Å². The molecule has 130 valence electrons. The van der Waals surface area contributed by atoms with Crippen molar-refractivity contribution in [1.29, 1.82) is 0 Å². The number of ketones is 1. The molecule has 0 aliphatic heterocycles. The molecule has 0 aliphatic rings. The van der Waals surface area contributed by atoms with Crippen molar-refractivity contribution < 1.29 is 4.79 Å². The van der Waals surface area contributed by atoms with E-state index in [-0.39, 0.29) is 11.2 Å². The highest BCUT2D eigenvalue weighted by atomic mass is 16.1. The summed E-state index contributed by atoms with van der Waals surface area (Å²) in [5.74, 6) is -0.0720. The van der Waals surface area contributed by atoms with Crippen molar-refractivity contribution in [2.75, 3.05) is 0 Å². The molecule has 4 nitrogen and oxygen atoms in total. The summed E-state index contributed by atoms with van der Waals surface area (Å²) < 4.78 is 3.92. The molecule has 0 saturated carbocycles. The van der Waals surface area contributed by atoms with Crippen LogP contribution in [-0.4, -0.2) is 14.8 Å². The van der Waals surface area contributed by atoms with Crippen molar-refractivity contribution in [3.63, 3.8) is 0 Å². The molecule has 0 radical (unpaired) electrons. The van der Waals surface area contributed by atoms with Gasteiger partial charge in [0.25, 0.3) is 0 Å². The van der Waals surface area contributed by atoms with Gasteiger partial charge in [-0.2, -0.15) is 0 Å². The first-order valence-electron chi connectivity index (χ1n) is 8.75. The fourth-order valence-corrected chi connectivity index (χ4v) is 3.67. The van der Waals surface area contributed by atoms with E-state index >= 15 is 0 Å². The molecule has 4 aromatic rings. The molecule has 0 aliphatic carbocycles. The van der Waals surface area contributed by atoms with Crippen LogP contribution in [-0.2, 0) is 13.5 Å². The standard InChI is InChI=1S/C22H20N2O2/c1-4-16-13-20(25)18-12-15(8-9-19(18)23(16)3)22(26)21-14(2)11-17-7-5-6-10-24(17)21/h5-13H,4H2,1-3H3. The lowest BCUT2D eigenvalue weighted by molar-refractivity contribution is 0.103. The Balaban J connectivity index is 1.92. The first-order chi connectivity index (χ1) is 12.5. The summed E-state index contributed by atoms with van der Waals surface area (Å²) in [4.78, 5) is 25.7. The van der Waals surface area contributed by atoms with Gasteiger partial charge >= 0.3 is 0 Å². The lowest BCUT2D eigenvalue weighted by atomic mass is 10.0. The quantitative estimate of drug-likeness (QED) is 0.529. The first-order valence-corrected chi connectivity index (χ1v) is 8.75. The Morgan fingerprint density at radius 2 is 1.88 bits per heavy atom. The monoisotopic (exact) mass is 344 g/mol. The van der Waals surface area contributed by atoms with E-state index in [1.807, 2.05) is 72.5 Å². The van der Waals surface area contributed by atoms with Crippen LogP contribution in [0, 0.1) is 6.92 Å². The highest BCUT2D eigenvalue weighted by Gasteiger charge is 2.18. The van der Waals surface area contributed by atoms with Gasteiger partial charge in [-0.25, -0.2) is 0 Å². The van der Waals surface area contributed by atoms with Crippen LogP contribution < -0.4 is 5.43 Å². The summed E-state index contributed by atoms with van der Waals surface area (Å²) in [5, 5.41) is 0.578. The Kier molecular flexibility index (Phi) is 3.76. The number of hydrogen-bond acceptors (Lipinski definition) is 2. The summed E-state index contributed by atoms with van der Waals surface area (Å²) in [6, 6.07) is 14.9. The lowest BCUT2D eigenvalue weighted by Crippen LogP contribution is -2.13. The van der Waals surface area contributed by atoms with Crippen LogP contribution in [0.3, 0.4) is 0 Å². The van der Waals surface area contributed by atoms with Gasteiger partial charge in [-0.1, -0.05) is 13.0 Å². The molecule has 0 saturated heterocycles. The van der Waals surface area contributed by atoms with Crippen LogP contribution in [0.15, 0.2) is 59.5 Å². The van der Waals surface area contributed by atoms with Gasteiger partial charge < -0.3 is 8.97 Å². The number of benzene rings is 1. The smallest absolute Gasteiger partial charge is 0.210 e. The molecule has 0 spiro atoms. The van der Waals surface area contributed by atoms with Crippen LogP contribution in [0.25, 0.3) is 16.4 Å². The number of hydrogen-bond donors (Lipinski definition) is 0. The van der Waals surface area contributed by atoms with E-state index in [2.05, 4.69) is 0 Å². The van der Waals surface area contributed by atoms with Gasteiger partial charge in [0.15, 0.2) is 5.43 Å². The van der Waals surface area contributed by atoms with E-state index in [1.54, 1.807) is 12.1 Å². The van der Waals surface area contributed by atoms with Gasteiger partial charge in [0.2, 0.25) is 5.78 Å². The molecular formula is C22H20N2O2. The van der Waals surface area contributed by atoms with Gasteiger partial charge in [0.05, 0.1) is 11.2 Å². The third-order valence-corrected chi connectivity index (χ3v) is 5.06. The fourth-order valence-electron chi connectivity index (χ4n) is 3.67. The van der Waals surface area contributed by atoms with Crippen molar-refractivity contribution >= 4 is 22.2 Å². The minimum absolute atomic E-state index is 0.0404. The van der Waals surface area contributed by atoms with E-state index in [1.165, 1.54) is 0 Å². The summed E-state index contributed by atoms with van der Waals surface area (Å²) in [7, 11) is 1.95. The lowest BCUT2D eigenvalue weighted by Gasteiger charge is -2.12. The topological polar surface area (TPSA) is 43.5 Å². The maximum absolute atomic E-state index is 13.2. The van der Waals surface area contributed by atoms with Gasteiger partial charge in [-0.3, -0.25) is 9.59 Å². The van der Waals surface area contributed by atoms with Crippen LogP contribution in [0.4, 0.5) is 0 Å². The molecule has 3 aromatic heterocycles. The third kappa shape index (κ3) is 2.37. The van der Waals surface area contributed by atoms with Gasteiger partial charge in [0, 0.05) is 41.5 Å². The summed E-state index contributed by atoms with van der Waals surface area (Å²) in [5.41, 5.74) is 4.87. The number of pyridine rings is 2. The summed E-state index contributed by atoms with van der Waals surface area (Å²) in [6.07, 6.45) is 2.68. The Bertz CT molecular complexity index is 1230. The van der Waals surface area contributed by atoms with Crippen LogP contribution >= 0.6 is 0 Å². The predicted octanol–water partition coefficient (Wildman–Crippen LogP) is 3.89. The van der Waals surface area contributed by atoms with Crippen LogP contribution in [0.5, 0.6) is 0 Å². The molecule has 4 heteroatoms. The largest absolute Gasteiger partial charge is 0.347 e. The Morgan fingerprint density at radius 1 is 1.08 bits per heavy atom. The minimum Gasteiger partial charge on any atom is -0.347 e. The minimum atomic E-state index is -0.0720. The Morgan fingerprint density at radius 3 is 2.65 bits per heavy atom. The number of aryl methyl sites for hydroxylation is 3. The zero-order chi connectivity index (χ0) is 18.4. The average Bonchev–Trinajstić information content (AvgIpc) is 2.99. The van der Waals surface area contributed by atoms with Crippen LogP contribution in [0.2, 0.25) is 0 Å². The first kappa shape index (κ1) is 16.3. The number of aromatic nitrogens is 2. The highest BCUT2D eigenvalue weighted by molar-refractivity contribution is 6.11. The number of carbonyl (C=O) groups excluding carboxylic acids is 1. The molecule has 0 amide bonds.